The normalized spacial score (nSPS) is 10.9. The molecule has 2 heterocycles. The summed E-state index contributed by atoms with van der Waals surface area (Å²) in [6, 6.07) is 21.9. The third-order valence-electron chi connectivity index (χ3n) is 4.65. The molecule has 4 rings (SSSR count). The Kier molecular flexibility index (Phi) is 5.26. The van der Waals surface area contributed by atoms with Crippen LogP contribution in [0.4, 0.5) is 5.69 Å². The maximum absolute atomic E-state index is 12.5. The molecule has 0 saturated heterocycles. The number of carbonyl (C=O) groups excluding carboxylic acids is 1. The van der Waals surface area contributed by atoms with Crippen molar-refractivity contribution < 1.29 is 4.79 Å². The molecule has 4 nitrogen and oxygen atoms in total. The van der Waals surface area contributed by atoms with Gasteiger partial charge in [0, 0.05) is 28.3 Å². The first-order valence-corrected chi connectivity index (χ1v) is 9.98. The molecule has 28 heavy (non-hydrogen) atoms. The van der Waals surface area contributed by atoms with Crippen LogP contribution in [0.15, 0.2) is 77.4 Å². The molecule has 0 aliphatic rings. The van der Waals surface area contributed by atoms with E-state index in [-0.39, 0.29) is 5.91 Å². The van der Waals surface area contributed by atoms with Gasteiger partial charge in [-0.2, -0.15) is 0 Å². The van der Waals surface area contributed by atoms with Crippen molar-refractivity contribution in [3.8, 4) is 11.3 Å². The summed E-state index contributed by atoms with van der Waals surface area (Å²) in [6.45, 7) is 2.07. The molecular weight excluding hydrogens is 414 g/mol. The Morgan fingerprint density at radius 1 is 1.07 bits per heavy atom. The van der Waals surface area contributed by atoms with Crippen LogP contribution in [0, 0.1) is 6.92 Å². The number of aryl methyl sites for hydroxylation is 2. The lowest BCUT2D eigenvalue weighted by Gasteiger charge is -2.08. The topological polar surface area (TPSA) is 46.4 Å². The van der Waals surface area contributed by atoms with Crippen LogP contribution in [0.1, 0.15) is 17.7 Å². The van der Waals surface area contributed by atoms with Crippen molar-refractivity contribution >= 4 is 33.2 Å². The minimum atomic E-state index is -0.0150. The van der Waals surface area contributed by atoms with E-state index in [0.29, 0.717) is 12.8 Å². The van der Waals surface area contributed by atoms with Crippen LogP contribution < -0.4 is 5.32 Å². The number of hydrogen-bond donors (Lipinski definition) is 1. The van der Waals surface area contributed by atoms with Gasteiger partial charge in [0.25, 0.3) is 0 Å². The lowest BCUT2D eigenvalue weighted by atomic mass is 10.1. The average molecular weight is 434 g/mol. The molecule has 0 bridgehead atoms. The van der Waals surface area contributed by atoms with Crippen molar-refractivity contribution in [2.24, 2.45) is 0 Å². The number of pyridine rings is 1. The highest BCUT2D eigenvalue weighted by atomic mass is 79.9. The summed E-state index contributed by atoms with van der Waals surface area (Å²) < 4.78 is 3.01. The summed E-state index contributed by atoms with van der Waals surface area (Å²) in [5.74, 6) is -0.0150. The first-order chi connectivity index (χ1) is 13.6. The summed E-state index contributed by atoms with van der Waals surface area (Å²) in [6.07, 6.45) is 2.99. The number of amides is 1. The van der Waals surface area contributed by atoms with E-state index in [2.05, 4.69) is 56.8 Å². The molecular formula is C23H20BrN3O. The molecule has 0 unspecified atom stereocenters. The molecule has 140 valence electrons. The summed E-state index contributed by atoms with van der Waals surface area (Å²) in [4.78, 5) is 17.3. The first-order valence-electron chi connectivity index (χ1n) is 9.18. The Morgan fingerprint density at radius 3 is 2.68 bits per heavy atom. The number of hydrogen-bond acceptors (Lipinski definition) is 2. The highest BCUT2D eigenvalue weighted by molar-refractivity contribution is 9.10. The molecule has 0 spiro atoms. The molecule has 0 atom stereocenters. The van der Waals surface area contributed by atoms with E-state index in [4.69, 9.17) is 4.98 Å². The molecule has 0 radical (unpaired) electrons. The van der Waals surface area contributed by atoms with Gasteiger partial charge in [-0.3, -0.25) is 4.79 Å². The van der Waals surface area contributed by atoms with Gasteiger partial charge in [-0.15, -0.1) is 0 Å². The van der Waals surface area contributed by atoms with Crippen molar-refractivity contribution in [1.29, 1.82) is 0 Å². The smallest absolute Gasteiger partial charge is 0.224 e. The zero-order valence-corrected chi connectivity index (χ0v) is 17.1. The second kappa shape index (κ2) is 7.98. The van der Waals surface area contributed by atoms with E-state index in [1.54, 1.807) is 0 Å². The lowest BCUT2D eigenvalue weighted by molar-refractivity contribution is -0.116. The van der Waals surface area contributed by atoms with E-state index in [0.717, 1.165) is 32.8 Å². The highest BCUT2D eigenvalue weighted by Crippen LogP contribution is 2.26. The van der Waals surface area contributed by atoms with E-state index >= 15 is 0 Å². The maximum atomic E-state index is 12.5. The number of carbonyl (C=O) groups is 1. The molecule has 2 aromatic carbocycles. The summed E-state index contributed by atoms with van der Waals surface area (Å²) >= 11 is 3.43. The number of rotatable bonds is 5. The Balaban J connectivity index is 1.59. The van der Waals surface area contributed by atoms with Crippen LogP contribution in [-0.2, 0) is 11.2 Å². The van der Waals surface area contributed by atoms with Crippen LogP contribution in [0.2, 0.25) is 0 Å². The van der Waals surface area contributed by atoms with Crippen LogP contribution in [0.3, 0.4) is 0 Å². The fourth-order valence-electron chi connectivity index (χ4n) is 3.25. The lowest BCUT2D eigenvalue weighted by Crippen LogP contribution is -2.13. The molecule has 1 N–H and O–H groups in total. The average Bonchev–Trinajstić information content (AvgIpc) is 3.05. The van der Waals surface area contributed by atoms with Crippen LogP contribution >= 0.6 is 15.9 Å². The molecule has 0 saturated carbocycles. The maximum Gasteiger partial charge on any atom is 0.224 e. The minimum Gasteiger partial charge on any atom is -0.326 e. The van der Waals surface area contributed by atoms with Gasteiger partial charge in [-0.25, -0.2) is 4.98 Å². The van der Waals surface area contributed by atoms with Gasteiger partial charge in [-0.05, 0) is 43.7 Å². The van der Waals surface area contributed by atoms with Gasteiger partial charge in [0.05, 0.1) is 11.4 Å². The van der Waals surface area contributed by atoms with E-state index in [9.17, 15) is 4.79 Å². The van der Waals surface area contributed by atoms with Crippen molar-refractivity contribution in [1.82, 2.24) is 9.38 Å². The number of aromatic nitrogens is 2. The number of nitrogens with zero attached hydrogens (tertiary/aromatic N) is 2. The van der Waals surface area contributed by atoms with Crippen molar-refractivity contribution in [3.05, 3.63) is 88.7 Å². The number of nitrogens with one attached hydrogen (secondary N) is 1. The summed E-state index contributed by atoms with van der Waals surface area (Å²) in [5.41, 5.74) is 5.93. The van der Waals surface area contributed by atoms with E-state index in [1.165, 1.54) is 5.56 Å². The fraction of sp³-hybridized carbons (Fsp3) is 0.130. The van der Waals surface area contributed by atoms with Gasteiger partial charge < -0.3 is 9.72 Å². The Labute approximate surface area is 172 Å². The fourth-order valence-corrected chi connectivity index (χ4v) is 3.65. The predicted octanol–water partition coefficient (Wildman–Crippen LogP) is 5.64. The van der Waals surface area contributed by atoms with Gasteiger partial charge in [0.2, 0.25) is 5.91 Å². The summed E-state index contributed by atoms with van der Waals surface area (Å²) in [7, 11) is 0. The molecule has 0 aliphatic heterocycles. The largest absolute Gasteiger partial charge is 0.326 e. The second-order valence-electron chi connectivity index (χ2n) is 6.76. The Morgan fingerprint density at radius 2 is 1.89 bits per heavy atom. The molecule has 4 aromatic rings. The highest BCUT2D eigenvalue weighted by Gasteiger charge is 2.15. The second-order valence-corrected chi connectivity index (χ2v) is 7.68. The van der Waals surface area contributed by atoms with Crippen molar-refractivity contribution in [3.63, 3.8) is 0 Å². The molecule has 2 aromatic heterocycles. The zero-order chi connectivity index (χ0) is 19.5. The quantitative estimate of drug-likeness (QED) is 0.442. The van der Waals surface area contributed by atoms with Gasteiger partial charge in [0.1, 0.15) is 5.65 Å². The third-order valence-corrected chi connectivity index (χ3v) is 5.14. The van der Waals surface area contributed by atoms with Crippen molar-refractivity contribution in [2.75, 3.05) is 5.32 Å². The van der Waals surface area contributed by atoms with Gasteiger partial charge >= 0.3 is 0 Å². The monoisotopic (exact) mass is 433 g/mol. The molecule has 0 fully saturated rings. The standard InChI is InChI=1S/C23H20BrN3O/c1-16-8-10-17(11-9-16)23-20(27-14-3-2-7-21(27)26-23)12-13-22(28)25-19-6-4-5-18(24)15-19/h2-11,14-15H,12-13H2,1H3,(H,25,28). The Hall–Kier alpha value is -2.92. The number of halogens is 1. The third kappa shape index (κ3) is 3.99. The van der Waals surface area contributed by atoms with Crippen LogP contribution in [0.25, 0.3) is 16.9 Å². The van der Waals surface area contributed by atoms with E-state index in [1.807, 2.05) is 48.7 Å². The molecule has 0 aliphatic carbocycles. The zero-order valence-electron chi connectivity index (χ0n) is 15.5. The first kappa shape index (κ1) is 18.4. The SMILES string of the molecule is Cc1ccc(-c2nc3ccccn3c2CCC(=O)Nc2cccc(Br)c2)cc1. The van der Waals surface area contributed by atoms with E-state index < -0.39 is 0 Å². The van der Waals surface area contributed by atoms with Crippen molar-refractivity contribution in [2.45, 2.75) is 19.8 Å². The minimum absolute atomic E-state index is 0.0150. The predicted molar refractivity (Wildman–Crippen MR) is 116 cm³/mol. The number of imidazole rings is 1. The molecule has 1 amide bonds. The van der Waals surface area contributed by atoms with Crippen LogP contribution in [0.5, 0.6) is 0 Å². The number of fused-ring (bicyclic) bond motifs is 1. The summed E-state index contributed by atoms with van der Waals surface area (Å²) in [5, 5.41) is 2.96. The molecule has 5 heteroatoms. The van der Waals surface area contributed by atoms with Gasteiger partial charge in [-0.1, -0.05) is 57.9 Å². The number of benzene rings is 2. The Bertz CT molecular complexity index is 1130. The van der Waals surface area contributed by atoms with Gasteiger partial charge in [0.15, 0.2) is 0 Å². The number of anilines is 1. The van der Waals surface area contributed by atoms with Crippen LogP contribution in [-0.4, -0.2) is 15.3 Å².